The lowest BCUT2D eigenvalue weighted by molar-refractivity contribution is -0.159. The molecule has 10 nitrogen and oxygen atoms in total. The summed E-state index contributed by atoms with van der Waals surface area (Å²) < 4.78 is 85.1. The van der Waals surface area contributed by atoms with Crippen LogP contribution >= 0.6 is 0 Å². The van der Waals surface area contributed by atoms with Crippen molar-refractivity contribution in [1.29, 1.82) is 0 Å². The lowest BCUT2D eigenvalue weighted by atomic mass is 10.4. The maximum Gasteiger partial charge on any atom is 0.422 e. The Morgan fingerprint density at radius 3 is 2.44 bits per heavy atom. The molecule has 0 aliphatic heterocycles. The number of fused-ring (bicyclic) bond motifs is 1. The van der Waals surface area contributed by atoms with E-state index in [1.165, 1.54) is 29.1 Å². The molecule has 16 heteroatoms. The highest BCUT2D eigenvalue weighted by atomic mass is 19.4. The monoisotopic (exact) mass is 466 g/mol. The van der Waals surface area contributed by atoms with Crippen LogP contribution in [0.3, 0.4) is 0 Å². The van der Waals surface area contributed by atoms with E-state index in [2.05, 4.69) is 30.1 Å². The van der Waals surface area contributed by atoms with Gasteiger partial charge in [0.15, 0.2) is 24.6 Å². The summed E-state index contributed by atoms with van der Waals surface area (Å²) >= 11 is 0. The maximum absolute atomic E-state index is 12.5. The number of hydrogen-bond donors (Lipinski definition) is 1. The molecule has 3 aromatic rings. The van der Waals surface area contributed by atoms with Crippen LogP contribution in [-0.2, 0) is 11.3 Å². The number of alkyl halides is 6. The predicted octanol–water partition coefficient (Wildman–Crippen LogP) is 1.81. The summed E-state index contributed by atoms with van der Waals surface area (Å²) in [4.78, 5) is 24.3. The van der Waals surface area contributed by atoms with E-state index in [4.69, 9.17) is 0 Å². The summed E-state index contributed by atoms with van der Waals surface area (Å²) in [6.07, 6.45) is -6.86. The van der Waals surface area contributed by atoms with Crippen molar-refractivity contribution in [3.8, 4) is 11.6 Å². The second kappa shape index (κ2) is 8.72. The Morgan fingerprint density at radius 2 is 1.75 bits per heavy atom. The summed E-state index contributed by atoms with van der Waals surface area (Å²) in [5.41, 5.74) is -0.346. The number of nitrogens with one attached hydrogen (secondary N) is 1. The highest BCUT2D eigenvalue weighted by molar-refractivity contribution is 5.90. The van der Waals surface area contributed by atoms with Crippen molar-refractivity contribution in [2.24, 2.45) is 0 Å². The molecular formula is C16H12F6N6O4. The van der Waals surface area contributed by atoms with Gasteiger partial charge >= 0.3 is 12.4 Å². The molecule has 0 saturated heterocycles. The van der Waals surface area contributed by atoms with Gasteiger partial charge in [0, 0.05) is 6.20 Å². The average Bonchev–Trinajstić information content (AvgIpc) is 3.13. The van der Waals surface area contributed by atoms with Crippen LogP contribution in [0.25, 0.3) is 5.65 Å². The van der Waals surface area contributed by atoms with Crippen LogP contribution in [0.5, 0.6) is 11.6 Å². The van der Waals surface area contributed by atoms with Gasteiger partial charge in [-0.1, -0.05) is 0 Å². The number of hydrogen-bond acceptors (Lipinski definition) is 7. The Hall–Kier alpha value is -3.85. The van der Waals surface area contributed by atoms with Crippen molar-refractivity contribution in [1.82, 2.24) is 24.4 Å². The fourth-order valence-electron chi connectivity index (χ4n) is 2.32. The lowest BCUT2D eigenvalue weighted by Crippen LogP contribution is -2.31. The Morgan fingerprint density at radius 1 is 1.06 bits per heavy atom. The Balaban J connectivity index is 1.79. The molecule has 0 radical (unpaired) electrons. The zero-order chi connectivity index (χ0) is 23.5. The number of carbonyl (C=O) groups excluding carboxylic acids is 1. The molecule has 0 fully saturated rings. The van der Waals surface area contributed by atoms with Crippen molar-refractivity contribution in [3.63, 3.8) is 0 Å². The van der Waals surface area contributed by atoms with Gasteiger partial charge in [-0.2, -0.15) is 26.3 Å². The van der Waals surface area contributed by atoms with Crippen LogP contribution in [-0.4, -0.2) is 55.9 Å². The zero-order valence-electron chi connectivity index (χ0n) is 15.6. The van der Waals surface area contributed by atoms with E-state index >= 15 is 0 Å². The van der Waals surface area contributed by atoms with Gasteiger partial charge in [0.1, 0.15) is 12.9 Å². The highest BCUT2D eigenvalue weighted by Crippen LogP contribution is 2.27. The molecule has 0 bridgehead atoms. The maximum atomic E-state index is 12.5. The summed E-state index contributed by atoms with van der Waals surface area (Å²) in [7, 11) is 0. The largest absolute Gasteiger partial charge is 0.478 e. The number of rotatable bonds is 7. The zero-order valence-corrected chi connectivity index (χ0v) is 15.6. The topological polar surface area (TPSA) is 113 Å². The number of halogens is 6. The third-order valence-corrected chi connectivity index (χ3v) is 3.56. The Bertz CT molecular complexity index is 1170. The minimum atomic E-state index is -4.85. The van der Waals surface area contributed by atoms with E-state index < -0.39 is 55.2 Å². The van der Waals surface area contributed by atoms with Gasteiger partial charge in [0.2, 0.25) is 5.91 Å². The van der Waals surface area contributed by atoms with Crippen LogP contribution in [0.4, 0.5) is 32.0 Å². The van der Waals surface area contributed by atoms with Crippen LogP contribution in [0.15, 0.2) is 35.5 Å². The van der Waals surface area contributed by atoms with Gasteiger partial charge < -0.3 is 14.8 Å². The van der Waals surface area contributed by atoms with Crippen molar-refractivity contribution in [2.75, 3.05) is 18.5 Å². The summed E-state index contributed by atoms with van der Waals surface area (Å²) in [5.74, 6) is -2.80. The van der Waals surface area contributed by atoms with Crippen molar-refractivity contribution >= 4 is 17.2 Å². The van der Waals surface area contributed by atoms with Gasteiger partial charge in [0.05, 0.1) is 11.8 Å². The number of carbonyl (C=O) groups is 1. The van der Waals surface area contributed by atoms with Crippen LogP contribution in [0.1, 0.15) is 0 Å². The molecule has 0 aliphatic carbocycles. The molecule has 0 spiro atoms. The third-order valence-electron chi connectivity index (χ3n) is 3.56. The molecule has 172 valence electrons. The molecule has 3 rings (SSSR count). The number of pyridine rings is 1. The van der Waals surface area contributed by atoms with E-state index in [-0.39, 0.29) is 5.69 Å². The molecule has 3 aromatic heterocycles. The van der Waals surface area contributed by atoms with E-state index in [9.17, 15) is 35.9 Å². The first-order valence-electron chi connectivity index (χ1n) is 8.50. The molecule has 0 atom stereocenters. The second-order valence-electron chi connectivity index (χ2n) is 6.18. The highest BCUT2D eigenvalue weighted by Gasteiger charge is 2.32. The summed E-state index contributed by atoms with van der Waals surface area (Å²) in [6, 6.07) is 3.45. The van der Waals surface area contributed by atoms with Gasteiger partial charge in [0.25, 0.3) is 11.4 Å². The Labute approximate surface area is 173 Å². The van der Waals surface area contributed by atoms with E-state index in [0.29, 0.717) is 16.4 Å². The molecule has 32 heavy (non-hydrogen) atoms. The van der Waals surface area contributed by atoms with E-state index in [1.807, 2.05) is 0 Å². The van der Waals surface area contributed by atoms with Crippen LogP contribution in [0.2, 0.25) is 0 Å². The predicted molar refractivity (Wildman–Crippen MR) is 93.2 cm³/mol. The summed E-state index contributed by atoms with van der Waals surface area (Å²) in [5, 5.41) is 13.2. The molecule has 1 N–H and O–H groups in total. The normalized spacial score (nSPS) is 12.1. The Kier molecular flexibility index (Phi) is 6.22. The molecule has 0 aliphatic rings. The van der Waals surface area contributed by atoms with Crippen molar-refractivity contribution in [2.45, 2.75) is 18.9 Å². The van der Waals surface area contributed by atoms with E-state index in [1.54, 1.807) is 0 Å². The standard InChI is InChI=1S/C16H12F6N6O4/c17-15(18,19)6-31-10-3-13(30)28(26-14(10)32-7-16(20,21)22)5-12(29)24-9-1-2-11-25-23-8-27(11)4-9/h1-4,8H,5-7H2,(H,24,29). The lowest BCUT2D eigenvalue weighted by Gasteiger charge is -2.15. The molecule has 0 aromatic carbocycles. The van der Waals surface area contributed by atoms with Gasteiger partial charge in [-0.05, 0) is 12.1 Å². The molecule has 0 saturated carbocycles. The fraction of sp³-hybridized carbons (Fsp3) is 0.312. The number of anilines is 1. The van der Waals surface area contributed by atoms with E-state index in [0.717, 1.165) is 0 Å². The number of nitrogens with zero attached hydrogens (tertiary/aromatic N) is 5. The number of aromatic nitrogens is 5. The SMILES string of the molecule is O=C(Cn1nc(OCC(F)(F)F)c(OCC(F)(F)F)cc1=O)Nc1ccc2nncn2c1. The average molecular weight is 466 g/mol. The molecule has 3 heterocycles. The van der Waals surface area contributed by atoms with Gasteiger partial charge in [-0.25, -0.2) is 4.68 Å². The molecular weight excluding hydrogens is 454 g/mol. The molecule has 1 amide bonds. The molecule has 0 unspecified atom stereocenters. The van der Waals surface area contributed by atoms with Crippen molar-refractivity contribution in [3.05, 3.63) is 41.1 Å². The smallest absolute Gasteiger partial charge is 0.422 e. The first-order chi connectivity index (χ1) is 14.9. The number of amides is 1. The van der Waals surface area contributed by atoms with Crippen molar-refractivity contribution < 1.29 is 40.6 Å². The number of ether oxygens (including phenoxy) is 2. The minimum Gasteiger partial charge on any atom is -0.478 e. The van der Waals surface area contributed by atoms with Gasteiger partial charge in [-0.3, -0.25) is 14.0 Å². The van der Waals surface area contributed by atoms with Crippen LogP contribution < -0.4 is 20.3 Å². The minimum absolute atomic E-state index is 0.272. The first kappa shape index (κ1) is 22.8. The first-order valence-corrected chi connectivity index (χ1v) is 8.50. The van der Waals surface area contributed by atoms with Gasteiger partial charge in [-0.15, -0.1) is 15.3 Å². The quantitative estimate of drug-likeness (QED) is 0.529. The van der Waals surface area contributed by atoms with Crippen LogP contribution in [0, 0.1) is 0 Å². The summed E-state index contributed by atoms with van der Waals surface area (Å²) in [6.45, 7) is -4.58. The fourth-order valence-corrected chi connectivity index (χ4v) is 2.32. The third kappa shape index (κ3) is 6.32. The second-order valence-corrected chi connectivity index (χ2v) is 6.18.